The molecule has 4 nitrogen and oxygen atoms in total. The predicted octanol–water partition coefficient (Wildman–Crippen LogP) is 6.08. The zero-order chi connectivity index (χ0) is 21.7. The molecule has 0 aromatic heterocycles. The summed E-state index contributed by atoms with van der Waals surface area (Å²) in [7, 11) is -5.84. The molecule has 0 saturated heterocycles. The maximum Gasteiger partial charge on any atom is 0.522 e. The molecule has 0 radical (unpaired) electrons. The van der Waals surface area contributed by atoms with Crippen LogP contribution in [-0.4, -0.2) is 18.5 Å². The Balaban J connectivity index is 0.000000387. The summed E-state index contributed by atoms with van der Waals surface area (Å²) < 4.78 is 63.8. The monoisotopic (exact) mass is 412 g/mol. The predicted molar refractivity (Wildman–Crippen MR) is 99.2 cm³/mol. The third-order valence-electron chi connectivity index (χ3n) is 6.32. The molecule has 0 fully saturated rings. The highest BCUT2D eigenvalue weighted by atomic mass is 32.2. The van der Waals surface area contributed by atoms with E-state index in [0.29, 0.717) is 0 Å². The minimum Gasteiger partial charge on any atom is -0.467 e. The third-order valence-corrected chi connectivity index (χ3v) is 6.90. The van der Waals surface area contributed by atoms with Crippen LogP contribution in [0.15, 0.2) is 23.7 Å². The lowest BCUT2D eigenvalue weighted by molar-refractivity contribution is -0.0510. The van der Waals surface area contributed by atoms with Crippen molar-refractivity contribution < 1.29 is 30.9 Å². The Labute approximate surface area is 160 Å². The van der Waals surface area contributed by atoms with Gasteiger partial charge in [0.2, 0.25) is 0 Å². The number of hydrogen-bond acceptors (Lipinski definition) is 3. The molecule has 0 unspecified atom stereocenters. The number of halogens is 3. The highest BCUT2D eigenvalue weighted by molar-refractivity contribution is 7.86. The minimum absolute atomic E-state index is 0.215. The first-order valence-electron chi connectivity index (χ1n) is 8.76. The van der Waals surface area contributed by atoms with E-state index >= 15 is 0 Å². The summed E-state index contributed by atoms with van der Waals surface area (Å²) in [6, 6.07) is 0. The van der Waals surface area contributed by atoms with E-state index in [0.717, 1.165) is 24.4 Å². The molecule has 0 spiro atoms. The van der Waals surface area contributed by atoms with Crippen LogP contribution in [-0.2, 0) is 14.9 Å². The van der Waals surface area contributed by atoms with Crippen molar-refractivity contribution in [2.45, 2.75) is 73.7 Å². The standard InChI is InChI=1S/C18H30O.CHF3O3S/c1-15(2)9-13(10-16(15,3)4)19-14-11-17(5,6)18(7,8)12-14;2-1(3,4)8(5,6)7/h9,11H,10,12H2,1-8H3;(H,5,6,7). The molecule has 0 aromatic carbocycles. The van der Waals surface area contributed by atoms with Crippen LogP contribution in [0.4, 0.5) is 13.2 Å². The van der Waals surface area contributed by atoms with Crippen LogP contribution in [0.25, 0.3) is 0 Å². The van der Waals surface area contributed by atoms with Crippen LogP contribution >= 0.6 is 0 Å². The SMILES string of the molecule is CC1(C)C=C(OC2=CC(C)(C)C(C)(C)C2)CC1(C)C.O=S(=O)(O)C(F)(F)F. The van der Waals surface area contributed by atoms with E-state index in [4.69, 9.17) is 17.7 Å². The Morgan fingerprint density at radius 3 is 1.26 bits per heavy atom. The molecule has 0 heterocycles. The van der Waals surface area contributed by atoms with Gasteiger partial charge in [-0.25, -0.2) is 0 Å². The molecule has 0 aromatic rings. The lowest BCUT2D eigenvalue weighted by Gasteiger charge is -2.33. The molecule has 8 heteroatoms. The summed E-state index contributed by atoms with van der Waals surface area (Å²) in [5.41, 5.74) is -4.54. The Hall–Kier alpha value is -1.02. The Bertz CT molecular complexity index is 697. The summed E-state index contributed by atoms with van der Waals surface area (Å²) >= 11 is 0. The molecule has 0 aliphatic heterocycles. The minimum atomic E-state index is -5.84. The topological polar surface area (TPSA) is 63.6 Å². The number of rotatable bonds is 2. The van der Waals surface area contributed by atoms with Gasteiger partial charge in [0.15, 0.2) is 0 Å². The molecular weight excluding hydrogens is 381 g/mol. The fraction of sp³-hybridized carbons (Fsp3) is 0.789. The van der Waals surface area contributed by atoms with Gasteiger partial charge in [-0.2, -0.15) is 21.6 Å². The zero-order valence-corrected chi connectivity index (χ0v) is 18.1. The average molecular weight is 413 g/mol. The van der Waals surface area contributed by atoms with Crippen LogP contribution in [0, 0.1) is 21.7 Å². The van der Waals surface area contributed by atoms with Crippen molar-refractivity contribution in [3.05, 3.63) is 23.7 Å². The van der Waals surface area contributed by atoms with Crippen molar-refractivity contribution in [1.82, 2.24) is 0 Å². The van der Waals surface area contributed by atoms with Crippen LogP contribution in [0.2, 0.25) is 0 Å². The highest BCUT2D eigenvalue weighted by Crippen LogP contribution is 2.54. The molecule has 0 amide bonds. The second kappa shape index (κ2) is 6.79. The first kappa shape index (κ1) is 24.0. The first-order valence-corrected chi connectivity index (χ1v) is 10.2. The molecule has 0 bridgehead atoms. The zero-order valence-electron chi connectivity index (χ0n) is 17.3. The van der Waals surface area contributed by atoms with Crippen molar-refractivity contribution in [3.63, 3.8) is 0 Å². The maximum absolute atomic E-state index is 10.7. The van der Waals surface area contributed by atoms with Gasteiger partial charge in [-0.1, -0.05) is 55.4 Å². The van der Waals surface area contributed by atoms with E-state index in [1.165, 1.54) is 0 Å². The van der Waals surface area contributed by atoms with Gasteiger partial charge in [-0.05, 0) is 33.8 Å². The van der Waals surface area contributed by atoms with E-state index in [1.807, 2.05) is 0 Å². The molecule has 27 heavy (non-hydrogen) atoms. The quantitative estimate of drug-likeness (QED) is 0.441. The van der Waals surface area contributed by atoms with Crippen molar-refractivity contribution >= 4 is 10.1 Å². The van der Waals surface area contributed by atoms with Crippen molar-refractivity contribution in [1.29, 1.82) is 0 Å². The number of hydrogen-bond donors (Lipinski definition) is 1. The van der Waals surface area contributed by atoms with Crippen LogP contribution in [0.3, 0.4) is 0 Å². The Morgan fingerprint density at radius 2 is 1.11 bits per heavy atom. The molecule has 2 rings (SSSR count). The highest BCUT2D eigenvalue weighted by Gasteiger charge is 2.45. The smallest absolute Gasteiger partial charge is 0.467 e. The molecule has 2 aliphatic rings. The summed E-state index contributed by atoms with van der Waals surface area (Å²) in [6.45, 7) is 18.5. The van der Waals surface area contributed by atoms with Crippen molar-refractivity contribution in [2.75, 3.05) is 0 Å². The van der Waals surface area contributed by atoms with Crippen LogP contribution in [0.1, 0.15) is 68.2 Å². The van der Waals surface area contributed by atoms with Gasteiger partial charge in [0.05, 0.1) is 0 Å². The van der Waals surface area contributed by atoms with Crippen LogP contribution in [0.5, 0.6) is 0 Å². The summed E-state index contributed by atoms with van der Waals surface area (Å²) in [6.07, 6.45) is 6.73. The van der Waals surface area contributed by atoms with Gasteiger partial charge in [0, 0.05) is 12.8 Å². The molecule has 0 saturated carbocycles. The second-order valence-corrected chi connectivity index (χ2v) is 11.2. The van der Waals surface area contributed by atoms with Crippen LogP contribution < -0.4 is 0 Å². The fourth-order valence-corrected chi connectivity index (χ4v) is 2.92. The van der Waals surface area contributed by atoms with Gasteiger partial charge in [0.25, 0.3) is 0 Å². The van der Waals surface area contributed by atoms with E-state index in [9.17, 15) is 13.2 Å². The average Bonchev–Trinajstić information content (AvgIpc) is 2.65. The van der Waals surface area contributed by atoms with E-state index in [1.54, 1.807) is 0 Å². The van der Waals surface area contributed by atoms with Crippen molar-refractivity contribution in [3.8, 4) is 0 Å². The normalized spacial score (nSPS) is 25.2. The van der Waals surface area contributed by atoms with E-state index in [-0.39, 0.29) is 21.7 Å². The van der Waals surface area contributed by atoms with Gasteiger partial charge < -0.3 is 4.74 Å². The Kier molecular flexibility index (Phi) is 6.04. The molecule has 158 valence electrons. The fourth-order valence-electron chi connectivity index (χ4n) is 2.92. The largest absolute Gasteiger partial charge is 0.522 e. The lowest BCUT2D eigenvalue weighted by Crippen LogP contribution is -2.26. The number of allylic oxidation sites excluding steroid dienone is 4. The molecule has 2 aliphatic carbocycles. The maximum atomic E-state index is 10.7. The lowest BCUT2D eigenvalue weighted by atomic mass is 9.71. The van der Waals surface area contributed by atoms with Gasteiger partial charge in [0.1, 0.15) is 11.5 Å². The second-order valence-electron chi connectivity index (χ2n) is 9.81. The molecular formula is C19H31F3O4S. The summed E-state index contributed by atoms with van der Waals surface area (Å²) in [4.78, 5) is 0. The number of alkyl halides is 3. The van der Waals surface area contributed by atoms with Gasteiger partial charge in [-0.3, -0.25) is 4.55 Å². The summed E-state index contributed by atoms with van der Waals surface area (Å²) in [5, 5.41) is 0. The number of ether oxygens (including phenoxy) is 1. The third kappa shape index (κ3) is 5.28. The molecule has 0 atom stereocenters. The summed E-state index contributed by atoms with van der Waals surface area (Å²) in [5.74, 6) is 2.32. The van der Waals surface area contributed by atoms with E-state index < -0.39 is 15.6 Å². The van der Waals surface area contributed by atoms with Gasteiger partial charge >= 0.3 is 15.6 Å². The van der Waals surface area contributed by atoms with E-state index in [2.05, 4.69) is 67.5 Å². The van der Waals surface area contributed by atoms with Gasteiger partial charge in [-0.15, -0.1) is 0 Å². The van der Waals surface area contributed by atoms with Crippen molar-refractivity contribution in [2.24, 2.45) is 21.7 Å². The molecule has 1 N–H and O–H groups in total. The first-order chi connectivity index (χ1) is 11.6. The Morgan fingerprint density at radius 1 is 0.852 bits per heavy atom.